The van der Waals surface area contributed by atoms with Crippen molar-refractivity contribution in [3.05, 3.63) is 58.3 Å². The third-order valence-electron chi connectivity index (χ3n) is 2.75. The predicted octanol–water partition coefficient (Wildman–Crippen LogP) is 2.82. The largest absolute Gasteiger partial charge is 0.477 e. The Labute approximate surface area is 124 Å². The summed E-state index contributed by atoms with van der Waals surface area (Å²) >= 11 is 3.31. The lowest BCUT2D eigenvalue weighted by Crippen LogP contribution is -2.26. The highest BCUT2D eigenvalue weighted by Crippen LogP contribution is 2.16. The van der Waals surface area contributed by atoms with Crippen LogP contribution in [-0.4, -0.2) is 29.0 Å². The second kappa shape index (κ2) is 5.83. The third-order valence-corrected chi connectivity index (χ3v) is 3.28. The molecule has 1 aromatic heterocycles. The van der Waals surface area contributed by atoms with Gasteiger partial charge in [0.15, 0.2) is 0 Å². The van der Waals surface area contributed by atoms with Gasteiger partial charge in [0.05, 0.1) is 11.9 Å². The number of carboxylic acids is 1. The summed E-state index contributed by atoms with van der Waals surface area (Å²) < 4.78 is 0.893. The molecule has 0 aliphatic rings. The van der Waals surface area contributed by atoms with Crippen molar-refractivity contribution in [2.24, 2.45) is 0 Å². The van der Waals surface area contributed by atoms with E-state index in [0.717, 1.165) is 4.47 Å². The van der Waals surface area contributed by atoms with Gasteiger partial charge in [0, 0.05) is 17.1 Å². The van der Waals surface area contributed by atoms with Gasteiger partial charge in [-0.1, -0.05) is 15.9 Å². The molecule has 1 heterocycles. The number of aromatic carboxylic acids is 1. The van der Waals surface area contributed by atoms with E-state index in [-0.39, 0.29) is 11.6 Å². The molecule has 1 aromatic carbocycles. The van der Waals surface area contributed by atoms with E-state index >= 15 is 0 Å². The number of hydrogen-bond donors (Lipinski definition) is 1. The number of hydrogen-bond acceptors (Lipinski definition) is 3. The Morgan fingerprint density at radius 1 is 1.15 bits per heavy atom. The van der Waals surface area contributed by atoms with Crippen LogP contribution >= 0.6 is 15.9 Å². The molecule has 102 valence electrons. The SMILES string of the molecule is CN(C(=O)c1ccc(Br)cc1)c1ccc(C(=O)O)nc1. The number of carbonyl (C=O) groups excluding carboxylic acids is 1. The number of aromatic nitrogens is 1. The maximum Gasteiger partial charge on any atom is 0.354 e. The highest BCUT2D eigenvalue weighted by atomic mass is 79.9. The molecule has 0 saturated carbocycles. The van der Waals surface area contributed by atoms with E-state index in [1.165, 1.54) is 17.2 Å². The first-order valence-electron chi connectivity index (χ1n) is 5.72. The fourth-order valence-electron chi connectivity index (χ4n) is 1.61. The lowest BCUT2D eigenvalue weighted by Gasteiger charge is -2.17. The average molecular weight is 335 g/mol. The van der Waals surface area contributed by atoms with Crippen LogP contribution in [0.1, 0.15) is 20.8 Å². The Bertz CT molecular complexity index is 638. The summed E-state index contributed by atoms with van der Waals surface area (Å²) in [5.74, 6) is -1.29. The number of anilines is 1. The van der Waals surface area contributed by atoms with Crippen LogP contribution in [0, 0.1) is 0 Å². The number of carbonyl (C=O) groups is 2. The highest BCUT2D eigenvalue weighted by Gasteiger charge is 2.14. The molecule has 20 heavy (non-hydrogen) atoms. The minimum atomic E-state index is -1.10. The van der Waals surface area contributed by atoms with Crippen molar-refractivity contribution in [2.45, 2.75) is 0 Å². The van der Waals surface area contributed by atoms with Gasteiger partial charge >= 0.3 is 5.97 Å². The first-order valence-corrected chi connectivity index (χ1v) is 6.51. The minimum absolute atomic E-state index is 0.0572. The summed E-state index contributed by atoms with van der Waals surface area (Å²) in [7, 11) is 1.61. The number of amides is 1. The molecule has 0 saturated heterocycles. The van der Waals surface area contributed by atoms with E-state index < -0.39 is 5.97 Å². The monoisotopic (exact) mass is 334 g/mol. The molecule has 1 N–H and O–H groups in total. The van der Waals surface area contributed by atoms with Crippen LogP contribution < -0.4 is 4.90 Å². The van der Waals surface area contributed by atoms with Crippen molar-refractivity contribution in [2.75, 3.05) is 11.9 Å². The van der Waals surface area contributed by atoms with Crippen LogP contribution in [0.25, 0.3) is 0 Å². The molecule has 0 spiro atoms. The Morgan fingerprint density at radius 3 is 2.30 bits per heavy atom. The van der Waals surface area contributed by atoms with Gasteiger partial charge < -0.3 is 10.0 Å². The topological polar surface area (TPSA) is 70.5 Å². The number of rotatable bonds is 3. The summed E-state index contributed by atoms with van der Waals surface area (Å²) in [5.41, 5.74) is 1.01. The summed E-state index contributed by atoms with van der Waals surface area (Å²) in [6.07, 6.45) is 1.36. The molecule has 5 nitrogen and oxygen atoms in total. The molecule has 2 rings (SSSR count). The molecule has 0 unspecified atom stereocenters. The van der Waals surface area contributed by atoms with Crippen LogP contribution in [0.3, 0.4) is 0 Å². The number of nitrogens with zero attached hydrogens (tertiary/aromatic N) is 2. The predicted molar refractivity (Wildman–Crippen MR) is 78.1 cm³/mol. The van der Waals surface area contributed by atoms with Crippen molar-refractivity contribution < 1.29 is 14.7 Å². The third kappa shape index (κ3) is 3.03. The number of carboxylic acid groups (broad SMARTS) is 1. The van der Waals surface area contributed by atoms with E-state index in [9.17, 15) is 9.59 Å². The van der Waals surface area contributed by atoms with Crippen molar-refractivity contribution in [3.63, 3.8) is 0 Å². The van der Waals surface area contributed by atoms with Gasteiger partial charge in [-0.25, -0.2) is 9.78 Å². The molecule has 2 aromatic rings. The Kier molecular flexibility index (Phi) is 4.14. The van der Waals surface area contributed by atoms with Gasteiger partial charge in [-0.2, -0.15) is 0 Å². The first kappa shape index (κ1) is 14.2. The van der Waals surface area contributed by atoms with E-state index in [2.05, 4.69) is 20.9 Å². The van der Waals surface area contributed by atoms with Crippen LogP contribution in [0.2, 0.25) is 0 Å². The number of benzene rings is 1. The highest BCUT2D eigenvalue weighted by molar-refractivity contribution is 9.10. The quantitative estimate of drug-likeness (QED) is 0.936. The average Bonchev–Trinajstić information content (AvgIpc) is 2.46. The molecular formula is C14H11BrN2O3. The molecule has 1 amide bonds. The molecule has 0 bridgehead atoms. The van der Waals surface area contributed by atoms with Gasteiger partial charge in [-0.15, -0.1) is 0 Å². The normalized spacial score (nSPS) is 10.1. The van der Waals surface area contributed by atoms with E-state index in [1.807, 2.05) is 0 Å². The summed E-state index contributed by atoms with van der Waals surface area (Å²) in [5, 5.41) is 8.78. The van der Waals surface area contributed by atoms with Gasteiger partial charge in [-0.05, 0) is 36.4 Å². The maximum absolute atomic E-state index is 12.2. The molecule has 0 aliphatic heterocycles. The van der Waals surface area contributed by atoms with Gasteiger partial charge in [0.2, 0.25) is 0 Å². The smallest absolute Gasteiger partial charge is 0.354 e. The number of pyridine rings is 1. The maximum atomic E-state index is 12.2. The molecular weight excluding hydrogens is 324 g/mol. The van der Waals surface area contributed by atoms with Crippen molar-refractivity contribution in [1.29, 1.82) is 0 Å². The fraction of sp³-hybridized carbons (Fsp3) is 0.0714. The first-order chi connectivity index (χ1) is 9.49. The lowest BCUT2D eigenvalue weighted by molar-refractivity contribution is 0.0690. The summed E-state index contributed by atoms with van der Waals surface area (Å²) in [6, 6.07) is 9.90. The fourth-order valence-corrected chi connectivity index (χ4v) is 1.88. The molecule has 6 heteroatoms. The van der Waals surface area contributed by atoms with Crippen LogP contribution in [-0.2, 0) is 0 Å². The second-order valence-electron chi connectivity index (χ2n) is 4.08. The van der Waals surface area contributed by atoms with Gasteiger partial charge in [0.1, 0.15) is 5.69 Å². The summed E-state index contributed by atoms with van der Waals surface area (Å²) in [4.78, 5) is 28.2. The molecule has 0 radical (unpaired) electrons. The van der Waals surface area contributed by atoms with E-state index in [4.69, 9.17) is 5.11 Å². The van der Waals surface area contributed by atoms with Crippen molar-refractivity contribution in [3.8, 4) is 0 Å². The standard InChI is InChI=1S/C14H11BrN2O3/c1-17(11-6-7-12(14(19)20)16-8-11)13(18)9-2-4-10(15)5-3-9/h2-8H,1H3,(H,19,20). The molecule has 0 aliphatic carbocycles. The van der Waals surface area contributed by atoms with Gasteiger partial charge in [0.25, 0.3) is 5.91 Å². The van der Waals surface area contributed by atoms with Crippen LogP contribution in [0.5, 0.6) is 0 Å². The second-order valence-corrected chi connectivity index (χ2v) is 4.99. The molecule has 0 fully saturated rings. The molecule has 0 atom stereocenters. The number of halogens is 1. The van der Waals surface area contributed by atoms with Crippen LogP contribution in [0.15, 0.2) is 47.1 Å². The van der Waals surface area contributed by atoms with Crippen molar-refractivity contribution >= 4 is 33.5 Å². The zero-order valence-corrected chi connectivity index (χ0v) is 12.2. The van der Waals surface area contributed by atoms with Crippen LogP contribution in [0.4, 0.5) is 5.69 Å². The van der Waals surface area contributed by atoms with Crippen molar-refractivity contribution in [1.82, 2.24) is 4.98 Å². The summed E-state index contributed by atoms with van der Waals surface area (Å²) in [6.45, 7) is 0. The minimum Gasteiger partial charge on any atom is -0.477 e. The van der Waals surface area contributed by atoms with Gasteiger partial charge in [-0.3, -0.25) is 4.79 Å². The zero-order chi connectivity index (χ0) is 14.7. The lowest BCUT2D eigenvalue weighted by atomic mass is 10.2. The van der Waals surface area contributed by atoms with E-state index in [1.54, 1.807) is 37.4 Å². The van der Waals surface area contributed by atoms with E-state index in [0.29, 0.717) is 11.3 Å². The zero-order valence-electron chi connectivity index (χ0n) is 10.6. The Hall–Kier alpha value is -2.21. The Morgan fingerprint density at radius 2 is 1.80 bits per heavy atom. The Balaban J connectivity index is 2.22.